The highest BCUT2D eigenvalue weighted by molar-refractivity contribution is 7.21. The first kappa shape index (κ1) is 35.9. The second kappa shape index (κ2) is 14.3. The summed E-state index contributed by atoms with van der Waals surface area (Å²) in [6, 6.07) is 76.0. The summed E-state index contributed by atoms with van der Waals surface area (Å²) in [5.74, 6) is 3.19. The molecule has 1 aliphatic heterocycles. The molecule has 294 valence electrons. The summed E-state index contributed by atoms with van der Waals surface area (Å²) in [6.07, 6.45) is 1.89. The highest BCUT2D eigenvalue weighted by Crippen LogP contribution is 2.46. The summed E-state index contributed by atoms with van der Waals surface area (Å²) >= 11 is 0. The van der Waals surface area contributed by atoms with E-state index in [0.717, 1.165) is 67.8 Å². The first-order chi connectivity index (χ1) is 30.7. The molecule has 0 saturated heterocycles. The normalized spacial score (nSPS) is 13.0. The van der Waals surface area contributed by atoms with Gasteiger partial charge in [0.1, 0.15) is 23.1 Å². The summed E-state index contributed by atoms with van der Waals surface area (Å²) in [5.41, 5.74) is 8.62. The number of imidazole rings is 1. The van der Waals surface area contributed by atoms with Crippen LogP contribution in [0.1, 0.15) is 0 Å². The average Bonchev–Trinajstić information content (AvgIpc) is 3.86. The van der Waals surface area contributed by atoms with Crippen LogP contribution in [0, 0.1) is 0 Å². The Morgan fingerprint density at radius 1 is 0.516 bits per heavy atom. The topological polar surface area (TPSA) is 48.1 Å². The molecule has 11 aromatic rings. The predicted octanol–water partition coefficient (Wildman–Crippen LogP) is 10.7. The smallest absolute Gasteiger partial charge is 0.184 e. The third-order valence-electron chi connectivity index (χ3n) is 12.5. The number of aryl methyl sites for hydroxylation is 1. The molecular weight excluding hydrogens is 775 g/mol. The van der Waals surface area contributed by atoms with Crippen molar-refractivity contribution in [3.8, 4) is 28.6 Å². The number of benzene rings is 8. The molecular formula is C55H39N5OSi. The fraction of sp³-hybridized carbons (Fsp3) is 0.0182. The van der Waals surface area contributed by atoms with Gasteiger partial charge in [0.2, 0.25) is 0 Å². The van der Waals surface area contributed by atoms with Crippen LogP contribution < -0.4 is 30.4 Å². The molecule has 0 amide bonds. The lowest BCUT2D eigenvalue weighted by atomic mass is 10.1. The minimum Gasteiger partial charge on any atom is -0.457 e. The second-order valence-corrected chi connectivity index (χ2v) is 19.6. The van der Waals surface area contributed by atoms with Gasteiger partial charge in [0.05, 0.1) is 33.4 Å². The van der Waals surface area contributed by atoms with E-state index in [1.54, 1.807) is 0 Å². The van der Waals surface area contributed by atoms with Crippen LogP contribution in [0.25, 0.3) is 49.9 Å². The fourth-order valence-electron chi connectivity index (χ4n) is 9.90. The van der Waals surface area contributed by atoms with Crippen LogP contribution in [0.2, 0.25) is 0 Å². The van der Waals surface area contributed by atoms with Crippen LogP contribution in [0.15, 0.2) is 219 Å². The van der Waals surface area contributed by atoms with Crippen LogP contribution in [-0.2, 0) is 7.05 Å². The minimum absolute atomic E-state index is 0.734. The number of fused-ring (bicyclic) bond motifs is 7. The molecule has 0 radical (unpaired) electrons. The van der Waals surface area contributed by atoms with Crippen molar-refractivity contribution in [3.63, 3.8) is 0 Å². The zero-order valence-corrected chi connectivity index (χ0v) is 34.9. The Bertz CT molecular complexity index is 3420. The SMILES string of the molecule is Cn1c(-c2cccc(Oc3ccc4c(c3)N(c3ccccn3)c3c(ccc5c3c3ccccc3n5-c3ccccc3)[Si]4(c3ccccc3)c3ccccc3)c2)nc2ccccc21. The number of rotatable bonds is 7. The lowest BCUT2D eigenvalue weighted by Crippen LogP contribution is -2.77. The molecule has 8 aromatic carbocycles. The number of hydrogen-bond acceptors (Lipinski definition) is 4. The van der Waals surface area contributed by atoms with Crippen molar-refractivity contribution in [2.45, 2.75) is 0 Å². The Hall–Kier alpha value is -8.00. The van der Waals surface area contributed by atoms with Gasteiger partial charge in [0.25, 0.3) is 0 Å². The Kier molecular flexibility index (Phi) is 8.30. The van der Waals surface area contributed by atoms with Crippen LogP contribution >= 0.6 is 0 Å². The number of nitrogens with zero attached hydrogens (tertiary/aromatic N) is 5. The summed E-state index contributed by atoms with van der Waals surface area (Å²) in [5, 5.41) is 7.56. The molecule has 0 unspecified atom stereocenters. The van der Waals surface area contributed by atoms with Gasteiger partial charge in [-0.1, -0.05) is 140 Å². The van der Waals surface area contributed by atoms with Gasteiger partial charge < -0.3 is 13.9 Å². The van der Waals surface area contributed by atoms with Gasteiger partial charge in [0, 0.05) is 41.3 Å². The lowest BCUT2D eigenvalue weighted by Gasteiger charge is -2.45. The molecule has 0 fully saturated rings. The Morgan fingerprint density at radius 2 is 1.18 bits per heavy atom. The van der Waals surface area contributed by atoms with Crippen LogP contribution in [-0.4, -0.2) is 27.2 Å². The molecule has 0 bridgehead atoms. The van der Waals surface area contributed by atoms with Gasteiger partial charge in [-0.05, 0) is 87.5 Å². The maximum absolute atomic E-state index is 6.92. The van der Waals surface area contributed by atoms with E-state index < -0.39 is 8.07 Å². The van der Waals surface area contributed by atoms with Crippen molar-refractivity contribution in [2.24, 2.45) is 7.05 Å². The van der Waals surface area contributed by atoms with Gasteiger partial charge >= 0.3 is 0 Å². The van der Waals surface area contributed by atoms with Crippen molar-refractivity contribution in [1.29, 1.82) is 0 Å². The third kappa shape index (κ3) is 5.42. The maximum Gasteiger partial charge on any atom is 0.184 e. The highest BCUT2D eigenvalue weighted by atomic mass is 28.3. The first-order valence-electron chi connectivity index (χ1n) is 21.0. The van der Waals surface area contributed by atoms with Crippen LogP contribution in [0.4, 0.5) is 17.2 Å². The number of ether oxygens (including phenoxy) is 1. The van der Waals surface area contributed by atoms with E-state index in [1.165, 1.54) is 31.5 Å². The molecule has 0 saturated carbocycles. The van der Waals surface area contributed by atoms with Gasteiger partial charge in [-0.15, -0.1) is 0 Å². The number of pyridine rings is 1. The Balaban J connectivity index is 1.15. The standard InChI is InChI=1S/C55H39N5OSi/c1-58-47-29-14-12-27-45(47)57-55(58)38-18-17-21-40(36-38)61-41-31-33-50-49(37-41)60(52-30-15-16-35-56-52)54-51(62(50,42-22-7-3-8-23-42)43-24-9-4-10-25-43)34-32-48-53(54)44-26-11-13-28-46(44)59(48)39-19-5-2-6-20-39/h2-37H,1H3. The van der Waals surface area contributed by atoms with Crippen molar-refractivity contribution >= 4 is 78.9 Å². The van der Waals surface area contributed by atoms with Gasteiger partial charge in [-0.3, -0.25) is 4.90 Å². The fourth-order valence-corrected chi connectivity index (χ4v) is 15.0. The average molecular weight is 814 g/mol. The molecule has 4 heterocycles. The molecule has 0 aliphatic carbocycles. The van der Waals surface area contributed by atoms with E-state index >= 15 is 0 Å². The van der Waals surface area contributed by atoms with Crippen molar-refractivity contribution < 1.29 is 4.74 Å². The molecule has 0 N–H and O–H groups in total. The summed E-state index contributed by atoms with van der Waals surface area (Å²) in [4.78, 5) is 12.5. The zero-order chi connectivity index (χ0) is 41.2. The predicted molar refractivity (Wildman–Crippen MR) is 257 cm³/mol. The third-order valence-corrected chi connectivity index (χ3v) is 17.3. The van der Waals surface area contributed by atoms with E-state index in [2.05, 4.69) is 209 Å². The van der Waals surface area contributed by atoms with Crippen molar-refractivity contribution in [1.82, 2.24) is 19.1 Å². The summed E-state index contributed by atoms with van der Waals surface area (Å²) < 4.78 is 11.5. The lowest BCUT2D eigenvalue weighted by molar-refractivity contribution is 0.483. The molecule has 62 heavy (non-hydrogen) atoms. The minimum atomic E-state index is -3.06. The largest absolute Gasteiger partial charge is 0.457 e. The molecule has 0 spiro atoms. The monoisotopic (exact) mass is 813 g/mol. The number of hydrogen-bond donors (Lipinski definition) is 0. The zero-order valence-electron chi connectivity index (χ0n) is 33.9. The van der Waals surface area contributed by atoms with Gasteiger partial charge in [-0.25, -0.2) is 9.97 Å². The molecule has 12 rings (SSSR count). The quantitative estimate of drug-likeness (QED) is 0.150. The molecule has 6 nitrogen and oxygen atoms in total. The first-order valence-corrected chi connectivity index (χ1v) is 23.0. The summed E-state index contributed by atoms with van der Waals surface area (Å²) in [7, 11) is -0.997. The maximum atomic E-state index is 6.92. The summed E-state index contributed by atoms with van der Waals surface area (Å²) in [6.45, 7) is 0. The Morgan fingerprint density at radius 3 is 1.92 bits per heavy atom. The van der Waals surface area contributed by atoms with Gasteiger partial charge in [-0.2, -0.15) is 0 Å². The second-order valence-electron chi connectivity index (χ2n) is 15.8. The van der Waals surface area contributed by atoms with E-state index in [-0.39, 0.29) is 0 Å². The van der Waals surface area contributed by atoms with E-state index in [0.29, 0.717) is 0 Å². The van der Waals surface area contributed by atoms with Gasteiger partial charge in [0.15, 0.2) is 8.07 Å². The van der Waals surface area contributed by atoms with Crippen LogP contribution in [0.5, 0.6) is 11.5 Å². The molecule has 3 aromatic heterocycles. The number of para-hydroxylation sites is 4. The number of anilines is 3. The molecule has 1 aliphatic rings. The van der Waals surface area contributed by atoms with Crippen molar-refractivity contribution in [2.75, 3.05) is 4.90 Å². The van der Waals surface area contributed by atoms with E-state index in [1.807, 2.05) is 30.5 Å². The molecule has 0 atom stereocenters. The van der Waals surface area contributed by atoms with Crippen LogP contribution in [0.3, 0.4) is 0 Å². The molecule has 7 heteroatoms. The Labute approximate surface area is 360 Å². The van der Waals surface area contributed by atoms with E-state index in [4.69, 9.17) is 14.7 Å². The van der Waals surface area contributed by atoms with Crippen molar-refractivity contribution in [3.05, 3.63) is 219 Å². The van der Waals surface area contributed by atoms with E-state index in [9.17, 15) is 0 Å². The number of aromatic nitrogens is 4. The highest BCUT2D eigenvalue weighted by Gasteiger charge is 2.50.